The van der Waals surface area contributed by atoms with Crippen LogP contribution < -0.4 is 0 Å². The third kappa shape index (κ3) is 18.1. The summed E-state index contributed by atoms with van der Waals surface area (Å²) in [7, 11) is 0. The molecule has 5 heteroatoms. The summed E-state index contributed by atoms with van der Waals surface area (Å²) >= 11 is 0. The number of hydrogen-bond acceptors (Lipinski definition) is 2. The standard InChI is InChI=1S/C3H5FO2.2FH/c4-3(6)1-2-5;;/h5H,1-2H2;2*1H. The number of halogens is 3. The maximum absolute atomic E-state index is 10.9. The van der Waals surface area contributed by atoms with Crippen LogP contribution in [0.15, 0.2) is 0 Å². The number of carbonyl (C=O) groups is 1. The fourth-order valence-corrected chi connectivity index (χ4v) is 0.0879. The number of carbonyl (C=O) groups excluding carboxylic acids is 1. The Morgan fingerprint density at radius 2 is 1.88 bits per heavy atom. The molecule has 0 aromatic carbocycles. The first-order chi connectivity index (χ1) is 2.77. The SMILES string of the molecule is F.F.O=C(F)CCO. The van der Waals surface area contributed by atoms with E-state index in [1.165, 1.54) is 0 Å². The molecule has 0 fully saturated rings. The lowest BCUT2D eigenvalue weighted by atomic mass is 10.5. The van der Waals surface area contributed by atoms with E-state index in [1.807, 2.05) is 0 Å². The van der Waals surface area contributed by atoms with Crippen LogP contribution in [0.25, 0.3) is 0 Å². The van der Waals surface area contributed by atoms with Gasteiger partial charge >= 0.3 is 6.04 Å². The highest BCUT2D eigenvalue weighted by Crippen LogP contribution is 1.77. The molecule has 0 aliphatic rings. The van der Waals surface area contributed by atoms with Gasteiger partial charge in [-0.05, 0) is 0 Å². The lowest BCUT2D eigenvalue weighted by Gasteiger charge is -1.76. The molecule has 0 saturated carbocycles. The Hall–Kier alpha value is -0.580. The topological polar surface area (TPSA) is 37.3 Å². The van der Waals surface area contributed by atoms with Gasteiger partial charge in [0, 0.05) is 0 Å². The van der Waals surface area contributed by atoms with E-state index in [-0.39, 0.29) is 15.8 Å². The van der Waals surface area contributed by atoms with Gasteiger partial charge in [0.1, 0.15) is 0 Å². The van der Waals surface area contributed by atoms with Crippen molar-refractivity contribution in [3.63, 3.8) is 0 Å². The molecule has 0 amide bonds. The van der Waals surface area contributed by atoms with E-state index in [4.69, 9.17) is 5.11 Å². The predicted octanol–water partition coefficient (Wildman–Crippen LogP) is 0.170. The molecular formula is C3H7F3O2. The predicted molar refractivity (Wildman–Crippen MR) is 22.8 cm³/mol. The van der Waals surface area contributed by atoms with Crippen molar-refractivity contribution in [2.45, 2.75) is 6.42 Å². The van der Waals surface area contributed by atoms with E-state index < -0.39 is 12.6 Å². The van der Waals surface area contributed by atoms with Gasteiger partial charge in [-0.1, -0.05) is 0 Å². The van der Waals surface area contributed by atoms with Crippen molar-refractivity contribution in [2.75, 3.05) is 6.61 Å². The van der Waals surface area contributed by atoms with Gasteiger partial charge in [-0.25, -0.2) is 0 Å². The zero-order chi connectivity index (χ0) is 4.99. The summed E-state index contributed by atoms with van der Waals surface area (Å²) in [6.45, 7) is -0.394. The molecule has 2 nitrogen and oxygen atoms in total. The van der Waals surface area contributed by atoms with E-state index >= 15 is 0 Å². The van der Waals surface area contributed by atoms with E-state index in [9.17, 15) is 9.18 Å². The minimum absolute atomic E-state index is 0. The summed E-state index contributed by atoms with van der Waals surface area (Å²) < 4.78 is 10.9. The van der Waals surface area contributed by atoms with Crippen molar-refractivity contribution in [3.05, 3.63) is 0 Å². The molecule has 1 N–H and O–H groups in total. The molecule has 0 aromatic rings. The number of aliphatic hydroxyl groups is 1. The molecule has 52 valence electrons. The van der Waals surface area contributed by atoms with Gasteiger partial charge in [0.25, 0.3) is 0 Å². The fourth-order valence-electron chi connectivity index (χ4n) is 0.0879. The smallest absolute Gasteiger partial charge is 0.303 e. The first kappa shape index (κ1) is 15.7. The summed E-state index contributed by atoms with van der Waals surface area (Å²) in [6, 6.07) is -1.46. The Morgan fingerprint density at radius 1 is 1.50 bits per heavy atom. The summed E-state index contributed by atoms with van der Waals surface area (Å²) in [4.78, 5) is 9.22. The average molecular weight is 132 g/mol. The highest BCUT2D eigenvalue weighted by Gasteiger charge is 1.90. The third-order valence-electron chi connectivity index (χ3n) is 0.308. The van der Waals surface area contributed by atoms with Crippen LogP contribution in [-0.4, -0.2) is 17.8 Å². The van der Waals surface area contributed by atoms with Crippen molar-refractivity contribution in [1.82, 2.24) is 0 Å². The Kier molecular flexibility index (Phi) is 18.9. The normalized spacial score (nSPS) is 6.25. The molecule has 0 aliphatic heterocycles. The van der Waals surface area contributed by atoms with Crippen LogP contribution >= 0.6 is 0 Å². The van der Waals surface area contributed by atoms with Crippen LogP contribution in [0.4, 0.5) is 13.8 Å². The summed E-state index contributed by atoms with van der Waals surface area (Å²) in [5.74, 6) is 0. The monoisotopic (exact) mass is 132 g/mol. The fraction of sp³-hybridized carbons (Fsp3) is 0.667. The Balaban J connectivity index is -0.000000125. The molecule has 0 rings (SSSR count). The molecule has 0 atom stereocenters. The molecule has 0 heterocycles. The van der Waals surface area contributed by atoms with Gasteiger partial charge < -0.3 is 5.11 Å². The third-order valence-corrected chi connectivity index (χ3v) is 0.308. The Bertz CT molecular complexity index is 56.5. The van der Waals surface area contributed by atoms with Crippen molar-refractivity contribution < 1.29 is 23.7 Å². The van der Waals surface area contributed by atoms with Crippen LogP contribution in [0, 0.1) is 0 Å². The lowest BCUT2D eigenvalue weighted by Crippen LogP contribution is -1.90. The van der Waals surface area contributed by atoms with Crippen LogP contribution in [0.2, 0.25) is 0 Å². The molecule has 0 aromatic heterocycles. The zero-order valence-electron chi connectivity index (χ0n) is 3.96. The molecule has 0 bridgehead atoms. The van der Waals surface area contributed by atoms with Crippen molar-refractivity contribution >= 4 is 6.04 Å². The first-order valence-corrected chi connectivity index (χ1v) is 1.56. The van der Waals surface area contributed by atoms with Gasteiger partial charge in [0.2, 0.25) is 0 Å². The minimum Gasteiger partial charge on any atom is -0.396 e. The molecule has 0 spiro atoms. The van der Waals surface area contributed by atoms with Crippen LogP contribution in [-0.2, 0) is 4.79 Å². The van der Waals surface area contributed by atoms with Crippen molar-refractivity contribution in [2.24, 2.45) is 0 Å². The van der Waals surface area contributed by atoms with E-state index in [0.717, 1.165) is 0 Å². The summed E-state index contributed by atoms with van der Waals surface area (Å²) in [5.41, 5.74) is 0. The van der Waals surface area contributed by atoms with Gasteiger partial charge in [-0.15, -0.1) is 0 Å². The quantitative estimate of drug-likeness (QED) is 0.544. The van der Waals surface area contributed by atoms with E-state index in [1.54, 1.807) is 0 Å². The van der Waals surface area contributed by atoms with E-state index in [2.05, 4.69) is 0 Å². The second-order valence-corrected chi connectivity index (χ2v) is 0.829. The largest absolute Gasteiger partial charge is 0.396 e. The number of aliphatic hydroxyl groups excluding tert-OH is 1. The number of hydrogen-bond donors (Lipinski definition) is 1. The van der Waals surface area contributed by atoms with E-state index in [0.29, 0.717) is 0 Å². The summed E-state index contributed by atoms with van der Waals surface area (Å²) in [5, 5.41) is 7.78. The molecule has 0 aliphatic carbocycles. The highest BCUT2D eigenvalue weighted by atomic mass is 19.1. The van der Waals surface area contributed by atoms with Gasteiger partial charge in [-0.3, -0.25) is 14.2 Å². The lowest BCUT2D eigenvalue weighted by molar-refractivity contribution is -0.129. The molecule has 8 heavy (non-hydrogen) atoms. The van der Waals surface area contributed by atoms with Crippen LogP contribution in [0.5, 0.6) is 0 Å². The molecule has 0 saturated heterocycles. The minimum atomic E-state index is -1.46. The Labute approximate surface area is 44.0 Å². The van der Waals surface area contributed by atoms with Crippen LogP contribution in [0.3, 0.4) is 0 Å². The van der Waals surface area contributed by atoms with Gasteiger partial charge in [0.15, 0.2) is 0 Å². The average Bonchev–Trinajstić information content (AvgIpc) is 1.35. The Morgan fingerprint density at radius 3 is 1.88 bits per heavy atom. The van der Waals surface area contributed by atoms with Gasteiger partial charge in [0.05, 0.1) is 13.0 Å². The van der Waals surface area contributed by atoms with Gasteiger partial charge in [-0.2, -0.15) is 4.39 Å². The molecular weight excluding hydrogens is 125 g/mol. The van der Waals surface area contributed by atoms with Crippen molar-refractivity contribution in [1.29, 1.82) is 0 Å². The first-order valence-electron chi connectivity index (χ1n) is 1.56. The summed E-state index contributed by atoms with van der Waals surface area (Å²) in [6.07, 6.45) is -0.375. The highest BCUT2D eigenvalue weighted by molar-refractivity contribution is 5.67. The molecule has 0 radical (unpaired) electrons. The number of rotatable bonds is 2. The maximum atomic E-state index is 10.9. The second kappa shape index (κ2) is 9.65. The zero-order valence-corrected chi connectivity index (χ0v) is 3.96. The maximum Gasteiger partial charge on any atom is 0.303 e. The van der Waals surface area contributed by atoms with Crippen molar-refractivity contribution in [3.8, 4) is 0 Å². The second-order valence-electron chi connectivity index (χ2n) is 0.829. The van der Waals surface area contributed by atoms with Crippen LogP contribution in [0.1, 0.15) is 6.42 Å². The molecule has 0 unspecified atom stereocenters.